The van der Waals surface area contributed by atoms with E-state index in [1.807, 2.05) is 30.6 Å². The van der Waals surface area contributed by atoms with Crippen LogP contribution in [-0.4, -0.2) is 11.5 Å². The number of nitrogens with zero attached hydrogens (tertiary/aromatic N) is 1. The number of hydrogen-bond acceptors (Lipinski definition) is 3. The van der Waals surface area contributed by atoms with Gasteiger partial charge in [0.05, 0.1) is 5.69 Å². The van der Waals surface area contributed by atoms with Crippen molar-refractivity contribution in [1.29, 1.82) is 0 Å². The molecule has 24 heavy (non-hydrogen) atoms. The predicted molar refractivity (Wildman–Crippen MR) is 102 cm³/mol. The standard InChI is InChI=1S/C21H21N3/c1-3-16-6-7-18(13-15(16)2)21-20(5-4-11-24-21)17-9-12-23-19(14-17)8-10-22/h3-9,11-14,23H,1,10,22H2,2H3/b19-8-. The van der Waals surface area contributed by atoms with E-state index < -0.39 is 0 Å². The van der Waals surface area contributed by atoms with E-state index in [1.165, 1.54) is 5.56 Å². The fraction of sp³-hybridized carbons (Fsp3) is 0.0952. The minimum atomic E-state index is 0.502. The smallest absolute Gasteiger partial charge is 0.0780 e. The summed E-state index contributed by atoms with van der Waals surface area (Å²) in [5, 5.41) is 3.20. The van der Waals surface area contributed by atoms with Crippen molar-refractivity contribution in [1.82, 2.24) is 10.3 Å². The molecule has 120 valence electrons. The Labute approximate surface area is 142 Å². The molecule has 3 heteroatoms. The molecule has 0 radical (unpaired) electrons. The van der Waals surface area contributed by atoms with Crippen LogP contribution in [-0.2, 0) is 0 Å². The van der Waals surface area contributed by atoms with Crippen LogP contribution in [0, 0.1) is 6.92 Å². The minimum Gasteiger partial charge on any atom is -0.362 e. The summed E-state index contributed by atoms with van der Waals surface area (Å²) in [7, 11) is 0. The van der Waals surface area contributed by atoms with Crippen molar-refractivity contribution in [3.8, 4) is 11.3 Å². The summed E-state index contributed by atoms with van der Waals surface area (Å²) in [6.45, 7) is 6.45. The normalized spacial score (nSPS) is 15.1. The molecule has 0 fully saturated rings. The van der Waals surface area contributed by atoms with E-state index in [1.54, 1.807) is 0 Å². The maximum Gasteiger partial charge on any atom is 0.0780 e. The fourth-order valence-corrected chi connectivity index (χ4v) is 2.82. The molecule has 1 aliphatic rings. The van der Waals surface area contributed by atoms with E-state index in [2.05, 4.69) is 60.2 Å². The lowest BCUT2D eigenvalue weighted by molar-refractivity contribution is 1.07. The molecule has 0 saturated carbocycles. The zero-order valence-corrected chi connectivity index (χ0v) is 13.8. The molecule has 2 aromatic rings. The van der Waals surface area contributed by atoms with Gasteiger partial charge in [-0.3, -0.25) is 4.98 Å². The number of pyridine rings is 1. The highest BCUT2D eigenvalue weighted by Crippen LogP contribution is 2.30. The number of benzene rings is 1. The fourth-order valence-electron chi connectivity index (χ4n) is 2.82. The Morgan fingerprint density at radius 1 is 1.29 bits per heavy atom. The summed E-state index contributed by atoms with van der Waals surface area (Å²) >= 11 is 0. The SMILES string of the molecule is C=Cc1ccc(-c2ncccc2C2=C/C(=C/CN)NC=C2)cc1C. The Bertz CT molecular complexity index is 857. The van der Waals surface area contributed by atoms with Crippen molar-refractivity contribution < 1.29 is 0 Å². The molecule has 0 spiro atoms. The number of rotatable bonds is 4. The number of aryl methyl sites for hydroxylation is 1. The van der Waals surface area contributed by atoms with Gasteiger partial charge >= 0.3 is 0 Å². The van der Waals surface area contributed by atoms with Crippen molar-refractivity contribution in [2.24, 2.45) is 5.73 Å². The maximum atomic E-state index is 5.62. The molecule has 3 nitrogen and oxygen atoms in total. The van der Waals surface area contributed by atoms with Gasteiger partial charge in [0.15, 0.2) is 0 Å². The Kier molecular flexibility index (Phi) is 4.73. The minimum absolute atomic E-state index is 0.502. The number of nitrogens with two attached hydrogens (primary N) is 1. The van der Waals surface area contributed by atoms with E-state index in [0.717, 1.165) is 33.7 Å². The number of dihydropyridines is 1. The second-order valence-electron chi connectivity index (χ2n) is 5.65. The lowest BCUT2D eigenvalue weighted by atomic mass is 9.95. The number of aromatic nitrogens is 1. The molecule has 3 N–H and O–H groups in total. The van der Waals surface area contributed by atoms with Crippen LogP contribution in [0.5, 0.6) is 0 Å². The topological polar surface area (TPSA) is 50.9 Å². The highest BCUT2D eigenvalue weighted by Gasteiger charge is 2.12. The summed E-state index contributed by atoms with van der Waals surface area (Å²) in [6, 6.07) is 10.4. The van der Waals surface area contributed by atoms with Gasteiger partial charge in [0.1, 0.15) is 0 Å². The predicted octanol–water partition coefficient (Wildman–Crippen LogP) is 4.04. The van der Waals surface area contributed by atoms with Gasteiger partial charge in [0, 0.05) is 35.8 Å². The van der Waals surface area contributed by atoms with Crippen LogP contribution in [0.4, 0.5) is 0 Å². The molecule has 0 atom stereocenters. The van der Waals surface area contributed by atoms with Crippen LogP contribution >= 0.6 is 0 Å². The van der Waals surface area contributed by atoms with Gasteiger partial charge in [-0.05, 0) is 54.0 Å². The van der Waals surface area contributed by atoms with Crippen LogP contribution in [0.15, 0.2) is 73.2 Å². The van der Waals surface area contributed by atoms with Gasteiger partial charge in [-0.25, -0.2) is 0 Å². The third-order valence-electron chi connectivity index (χ3n) is 4.04. The molecule has 1 aromatic heterocycles. The van der Waals surface area contributed by atoms with Crippen LogP contribution in [0.3, 0.4) is 0 Å². The van der Waals surface area contributed by atoms with Gasteiger partial charge in [-0.2, -0.15) is 0 Å². The molecular weight excluding hydrogens is 294 g/mol. The van der Waals surface area contributed by atoms with Crippen LogP contribution < -0.4 is 11.1 Å². The third kappa shape index (κ3) is 3.21. The quantitative estimate of drug-likeness (QED) is 0.895. The average molecular weight is 315 g/mol. The molecule has 1 aliphatic heterocycles. The zero-order chi connectivity index (χ0) is 16.9. The monoisotopic (exact) mass is 315 g/mol. The van der Waals surface area contributed by atoms with Crippen molar-refractivity contribution in [2.45, 2.75) is 6.92 Å². The summed E-state index contributed by atoms with van der Waals surface area (Å²) in [6.07, 6.45) is 11.7. The van der Waals surface area contributed by atoms with Crippen molar-refractivity contribution in [3.63, 3.8) is 0 Å². The van der Waals surface area contributed by atoms with Crippen molar-refractivity contribution in [3.05, 3.63) is 89.9 Å². The van der Waals surface area contributed by atoms with E-state index in [9.17, 15) is 0 Å². The van der Waals surface area contributed by atoms with Crippen LogP contribution in [0.2, 0.25) is 0 Å². The largest absolute Gasteiger partial charge is 0.362 e. The first kappa shape index (κ1) is 16.0. The first-order chi connectivity index (χ1) is 11.7. The second kappa shape index (κ2) is 7.11. The Morgan fingerprint density at radius 2 is 2.17 bits per heavy atom. The Hall–Kier alpha value is -2.91. The molecule has 0 bridgehead atoms. The molecule has 0 aliphatic carbocycles. The number of allylic oxidation sites excluding steroid dienone is 3. The van der Waals surface area contributed by atoms with E-state index >= 15 is 0 Å². The summed E-state index contributed by atoms with van der Waals surface area (Å²) in [4.78, 5) is 4.63. The van der Waals surface area contributed by atoms with Crippen LogP contribution in [0.25, 0.3) is 22.9 Å². The van der Waals surface area contributed by atoms with Crippen molar-refractivity contribution in [2.75, 3.05) is 6.54 Å². The molecule has 0 amide bonds. The third-order valence-corrected chi connectivity index (χ3v) is 4.04. The van der Waals surface area contributed by atoms with E-state index in [-0.39, 0.29) is 0 Å². The highest BCUT2D eigenvalue weighted by molar-refractivity contribution is 5.85. The summed E-state index contributed by atoms with van der Waals surface area (Å²) < 4.78 is 0. The summed E-state index contributed by atoms with van der Waals surface area (Å²) in [5.41, 5.74) is 13.2. The average Bonchev–Trinajstić information content (AvgIpc) is 2.62. The number of nitrogens with one attached hydrogen (secondary N) is 1. The molecule has 2 heterocycles. The number of hydrogen-bond donors (Lipinski definition) is 2. The first-order valence-electron chi connectivity index (χ1n) is 7.97. The van der Waals surface area contributed by atoms with Gasteiger partial charge in [0.25, 0.3) is 0 Å². The second-order valence-corrected chi connectivity index (χ2v) is 5.65. The van der Waals surface area contributed by atoms with Gasteiger partial charge in [0.2, 0.25) is 0 Å². The Morgan fingerprint density at radius 3 is 2.92 bits per heavy atom. The van der Waals surface area contributed by atoms with Gasteiger partial charge in [-0.1, -0.05) is 30.9 Å². The molecular formula is C21H21N3. The lowest BCUT2D eigenvalue weighted by Gasteiger charge is -2.15. The molecule has 0 saturated heterocycles. The summed E-state index contributed by atoms with van der Waals surface area (Å²) in [5.74, 6) is 0. The zero-order valence-electron chi connectivity index (χ0n) is 13.8. The lowest BCUT2D eigenvalue weighted by Crippen LogP contribution is -2.09. The van der Waals surface area contributed by atoms with Gasteiger partial charge < -0.3 is 11.1 Å². The van der Waals surface area contributed by atoms with Gasteiger partial charge in [-0.15, -0.1) is 0 Å². The first-order valence-corrected chi connectivity index (χ1v) is 7.97. The maximum absolute atomic E-state index is 5.62. The molecule has 3 rings (SSSR count). The highest BCUT2D eigenvalue weighted by atomic mass is 14.9. The molecule has 0 unspecified atom stereocenters. The molecule has 1 aromatic carbocycles. The van der Waals surface area contributed by atoms with Crippen molar-refractivity contribution >= 4 is 11.6 Å². The van der Waals surface area contributed by atoms with E-state index in [4.69, 9.17) is 5.73 Å². The Balaban J connectivity index is 2.09. The van der Waals surface area contributed by atoms with Crippen LogP contribution in [0.1, 0.15) is 16.7 Å². The van der Waals surface area contributed by atoms with E-state index in [0.29, 0.717) is 6.54 Å².